The SMILES string of the molecule is CCNC1CC(Oc2cnc3ccccc3c2)C1OCC. The maximum atomic E-state index is 6.07. The summed E-state index contributed by atoms with van der Waals surface area (Å²) in [5.41, 5.74) is 0.991. The van der Waals surface area contributed by atoms with Gasteiger partial charge in [0.2, 0.25) is 0 Å². The van der Waals surface area contributed by atoms with Crippen molar-refractivity contribution in [2.75, 3.05) is 13.2 Å². The summed E-state index contributed by atoms with van der Waals surface area (Å²) >= 11 is 0. The van der Waals surface area contributed by atoms with Crippen molar-refractivity contribution in [3.8, 4) is 5.75 Å². The maximum Gasteiger partial charge on any atom is 0.138 e. The number of ether oxygens (including phenoxy) is 2. The van der Waals surface area contributed by atoms with Gasteiger partial charge < -0.3 is 14.8 Å². The Morgan fingerprint density at radius 1 is 1.29 bits per heavy atom. The highest BCUT2D eigenvalue weighted by molar-refractivity contribution is 5.79. The minimum atomic E-state index is 0.108. The van der Waals surface area contributed by atoms with Gasteiger partial charge in [-0.15, -0.1) is 0 Å². The normalized spacial score (nSPS) is 24.8. The molecule has 1 saturated carbocycles. The molecule has 3 unspecified atom stereocenters. The fraction of sp³-hybridized carbons (Fsp3) is 0.471. The second kappa shape index (κ2) is 6.41. The molecule has 1 N–H and O–H groups in total. The zero-order chi connectivity index (χ0) is 14.7. The number of hydrogen-bond donors (Lipinski definition) is 1. The van der Waals surface area contributed by atoms with Gasteiger partial charge in [0.05, 0.1) is 11.7 Å². The van der Waals surface area contributed by atoms with E-state index >= 15 is 0 Å². The Morgan fingerprint density at radius 2 is 2.14 bits per heavy atom. The van der Waals surface area contributed by atoms with Gasteiger partial charge in [0, 0.05) is 24.5 Å². The lowest BCUT2D eigenvalue weighted by molar-refractivity contribution is -0.104. The van der Waals surface area contributed by atoms with Crippen LogP contribution in [0.15, 0.2) is 36.5 Å². The number of aromatic nitrogens is 1. The highest BCUT2D eigenvalue weighted by Crippen LogP contribution is 2.30. The molecule has 0 amide bonds. The van der Waals surface area contributed by atoms with Crippen molar-refractivity contribution >= 4 is 10.9 Å². The van der Waals surface area contributed by atoms with Crippen LogP contribution in [-0.2, 0) is 4.74 Å². The Balaban J connectivity index is 1.70. The predicted molar refractivity (Wildman–Crippen MR) is 83.7 cm³/mol. The molecule has 0 bridgehead atoms. The van der Waals surface area contributed by atoms with E-state index in [0.717, 1.165) is 29.6 Å². The summed E-state index contributed by atoms with van der Waals surface area (Å²) in [6, 6.07) is 10.5. The van der Waals surface area contributed by atoms with Gasteiger partial charge in [0.25, 0.3) is 0 Å². The van der Waals surface area contributed by atoms with E-state index in [4.69, 9.17) is 9.47 Å². The lowest BCUT2D eigenvalue weighted by atomic mass is 9.85. The van der Waals surface area contributed by atoms with Crippen LogP contribution in [0.4, 0.5) is 0 Å². The first-order chi connectivity index (χ1) is 10.3. The Hall–Kier alpha value is -1.65. The molecule has 3 rings (SSSR count). The molecule has 0 spiro atoms. The standard InChI is InChI=1S/C17H22N2O2/c1-3-18-15-10-16(17(15)20-4-2)21-13-9-12-7-5-6-8-14(12)19-11-13/h5-9,11,15-18H,3-4,10H2,1-2H3. The third-order valence-electron chi connectivity index (χ3n) is 3.93. The highest BCUT2D eigenvalue weighted by atomic mass is 16.5. The van der Waals surface area contributed by atoms with E-state index in [1.165, 1.54) is 0 Å². The van der Waals surface area contributed by atoms with Gasteiger partial charge in [-0.3, -0.25) is 4.98 Å². The molecule has 2 aromatic rings. The molecule has 1 aromatic heterocycles. The van der Waals surface area contributed by atoms with E-state index in [1.54, 1.807) is 6.20 Å². The van der Waals surface area contributed by atoms with Crippen LogP contribution in [0.2, 0.25) is 0 Å². The summed E-state index contributed by atoms with van der Waals surface area (Å²) in [7, 11) is 0. The second-order valence-electron chi connectivity index (χ2n) is 5.34. The van der Waals surface area contributed by atoms with Crippen LogP contribution in [0.1, 0.15) is 20.3 Å². The summed E-state index contributed by atoms with van der Waals surface area (Å²) < 4.78 is 11.9. The van der Waals surface area contributed by atoms with Gasteiger partial charge in [0.1, 0.15) is 18.0 Å². The lowest BCUT2D eigenvalue weighted by Crippen LogP contribution is -2.61. The first kappa shape index (κ1) is 14.3. The largest absolute Gasteiger partial charge is 0.486 e. The average Bonchev–Trinajstić information content (AvgIpc) is 2.51. The predicted octanol–water partition coefficient (Wildman–Crippen LogP) is 2.77. The molecular formula is C17H22N2O2. The Kier molecular flexibility index (Phi) is 4.36. The van der Waals surface area contributed by atoms with Crippen LogP contribution in [-0.4, -0.2) is 36.4 Å². The highest BCUT2D eigenvalue weighted by Gasteiger charge is 2.43. The first-order valence-electron chi connectivity index (χ1n) is 7.68. The number of likely N-dealkylation sites (N-methyl/N-ethyl adjacent to an activating group) is 1. The topological polar surface area (TPSA) is 43.4 Å². The Labute approximate surface area is 125 Å². The molecule has 1 fully saturated rings. The van der Waals surface area contributed by atoms with Gasteiger partial charge in [0.15, 0.2) is 0 Å². The van der Waals surface area contributed by atoms with Crippen molar-refractivity contribution < 1.29 is 9.47 Å². The molecule has 4 heteroatoms. The van der Waals surface area contributed by atoms with E-state index in [2.05, 4.69) is 23.3 Å². The number of nitrogens with one attached hydrogen (secondary N) is 1. The lowest BCUT2D eigenvalue weighted by Gasteiger charge is -2.44. The summed E-state index contributed by atoms with van der Waals surface area (Å²) in [6.07, 6.45) is 3.01. The molecule has 1 aliphatic rings. The average molecular weight is 286 g/mol. The zero-order valence-corrected chi connectivity index (χ0v) is 12.6. The number of fused-ring (bicyclic) bond motifs is 1. The van der Waals surface area contributed by atoms with E-state index in [1.807, 2.05) is 31.2 Å². The van der Waals surface area contributed by atoms with Gasteiger partial charge in [-0.2, -0.15) is 0 Å². The molecule has 0 radical (unpaired) electrons. The molecule has 4 nitrogen and oxygen atoms in total. The van der Waals surface area contributed by atoms with Gasteiger partial charge in [-0.25, -0.2) is 0 Å². The van der Waals surface area contributed by atoms with Gasteiger partial charge in [-0.05, 0) is 25.6 Å². The van der Waals surface area contributed by atoms with Crippen LogP contribution < -0.4 is 10.1 Å². The van der Waals surface area contributed by atoms with Crippen LogP contribution >= 0.6 is 0 Å². The summed E-state index contributed by atoms with van der Waals surface area (Å²) in [5.74, 6) is 0.818. The van der Waals surface area contributed by atoms with Crippen molar-refractivity contribution in [1.82, 2.24) is 10.3 Å². The Bertz CT molecular complexity index is 602. The monoisotopic (exact) mass is 286 g/mol. The third-order valence-corrected chi connectivity index (χ3v) is 3.93. The fourth-order valence-corrected chi connectivity index (χ4v) is 2.86. The third kappa shape index (κ3) is 3.01. The summed E-state index contributed by atoms with van der Waals surface area (Å²) in [4.78, 5) is 4.44. The molecule has 1 heterocycles. The van der Waals surface area contributed by atoms with Crippen molar-refractivity contribution in [3.63, 3.8) is 0 Å². The van der Waals surface area contributed by atoms with Crippen LogP contribution in [0, 0.1) is 0 Å². The minimum absolute atomic E-state index is 0.108. The van der Waals surface area contributed by atoms with Crippen molar-refractivity contribution in [3.05, 3.63) is 36.5 Å². The first-order valence-corrected chi connectivity index (χ1v) is 7.68. The molecule has 1 aromatic carbocycles. The smallest absolute Gasteiger partial charge is 0.138 e. The van der Waals surface area contributed by atoms with Gasteiger partial charge >= 0.3 is 0 Å². The summed E-state index contributed by atoms with van der Waals surface area (Å²) in [6.45, 7) is 5.81. The quantitative estimate of drug-likeness (QED) is 0.887. The van der Waals surface area contributed by atoms with Crippen molar-refractivity contribution in [1.29, 1.82) is 0 Å². The minimum Gasteiger partial charge on any atom is -0.486 e. The van der Waals surface area contributed by atoms with Crippen LogP contribution in [0.5, 0.6) is 5.75 Å². The molecule has 112 valence electrons. The number of pyridine rings is 1. The van der Waals surface area contributed by atoms with E-state index in [9.17, 15) is 0 Å². The van der Waals surface area contributed by atoms with Crippen LogP contribution in [0.25, 0.3) is 10.9 Å². The van der Waals surface area contributed by atoms with E-state index in [-0.39, 0.29) is 12.2 Å². The number of rotatable bonds is 6. The molecule has 21 heavy (non-hydrogen) atoms. The zero-order valence-electron chi connectivity index (χ0n) is 12.6. The van der Waals surface area contributed by atoms with E-state index in [0.29, 0.717) is 12.6 Å². The maximum absolute atomic E-state index is 6.07. The number of benzene rings is 1. The van der Waals surface area contributed by atoms with Crippen molar-refractivity contribution in [2.45, 2.75) is 38.5 Å². The van der Waals surface area contributed by atoms with Crippen LogP contribution in [0.3, 0.4) is 0 Å². The number of para-hydroxylation sites is 1. The summed E-state index contributed by atoms with van der Waals surface area (Å²) in [5, 5.41) is 4.54. The van der Waals surface area contributed by atoms with Gasteiger partial charge in [-0.1, -0.05) is 25.1 Å². The molecule has 0 saturated heterocycles. The fourth-order valence-electron chi connectivity index (χ4n) is 2.86. The molecule has 1 aliphatic carbocycles. The Morgan fingerprint density at radius 3 is 2.95 bits per heavy atom. The molecule has 0 aliphatic heterocycles. The number of hydrogen-bond acceptors (Lipinski definition) is 4. The van der Waals surface area contributed by atoms with Crippen molar-refractivity contribution in [2.24, 2.45) is 0 Å². The second-order valence-corrected chi connectivity index (χ2v) is 5.34. The molecule has 3 atom stereocenters. The number of nitrogens with zero attached hydrogens (tertiary/aromatic N) is 1. The molecular weight excluding hydrogens is 264 g/mol. The van der Waals surface area contributed by atoms with E-state index < -0.39 is 0 Å².